The zero-order chi connectivity index (χ0) is 34.1. The number of benzene rings is 2. The zero-order valence-corrected chi connectivity index (χ0v) is 32.8. The van der Waals surface area contributed by atoms with Crippen molar-refractivity contribution in [2.45, 2.75) is 90.4 Å². The van der Waals surface area contributed by atoms with Crippen LogP contribution < -0.4 is 4.90 Å². The van der Waals surface area contributed by atoms with Gasteiger partial charge in [-0.25, -0.2) is 8.42 Å². The van der Waals surface area contributed by atoms with Gasteiger partial charge in [-0.2, -0.15) is 4.58 Å². The van der Waals surface area contributed by atoms with E-state index in [1.165, 1.54) is 35.4 Å². The Balaban J connectivity index is 1.44. The van der Waals surface area contributed by atoms with E-state index in [1.54, 1.807) is 0 Å². The van der Waals surface area contributed by atoms with Crippen LogP contribution in [0.25, 0.3) is 0 Å². The fourth-order valence-electron chi connectivity index (χ4n) is 7.21. The number of anilines is 1. The molecule has 2 aliphatic heterocycles. The molecule has 252 valence electrons. The molecule has 0 fully saturated rings. The number of hydrogen-bond donors (Lipinski definition) is 0. The molecule has 0 spiro atoms. The van der Waals surface area contributed by atoms with E-state index < -0.39 is 10.1 Å². The lowest BCUT2D eigenvalue weighted by atomic mass is 9.81. The second-order valence-corrected chi connectivity index (χ2v) is 17.6. The number of allylic oxidation sites excluding steroid dienone is 8. The Kier molecular flexibility index (Phi) is 11.2. The molecule has 0 amide bonds. The predicted molar refractivity (Wildman–Crippen MR) is 202 cm³/mol. The maximum atomic E-state index is 11.2. The van der Waals surface area contributed by atoms with Crippen LogP contribution in [0, 0.1) is 0 Å². The Bertz CT molecular complexity index is 1820. The molecule has 0 N–H and O–H groups in total. The quantitative estimate of drug-likeness (QED) is 0.122. The van der Waals surface area contributed by atoms with Crippen LogP contribution in [-0.2, 0) is 20.9 Å². The molecule has 9 heteroatoms. The maximum Gasteiger partial charge on any atom is 0.209 e. The molecule has 0 bridgehead atoms. The third-order valence-electron chi connectivity index (χ3n) is 9.83. The number of nitrogens with zero attached hydrogens (tertiary/aromatic N) is 2. The molecule has 47 heavy (non-hydrogen) atoms. The van der Waals surface area contributed by atoms with Crippen LogP contribution in [0.15, 0.2) is 91.5 Å². The van der Waals surface area contributed by atoms with Crippen molar-refractivity contribution in [2.24, 2.45) is 0 Å². The lowest BCUT2D eigenvalue weighted by molar-refractivity contribution is -0.438. The number of halogens is 3. The van der Waals surface area contributed by atoms with Crippen molar-refractivity contribution in [1.29, 1.82) is 0 Å². The Morgan fingerprint density at radius 2 is 1.62 bits per heavy atom. The first-order valence-corrected chi connectivity index (χ1v) is 20.1. The molecule has 5 nitrogen and oxygen atoms in total. The minimum absolute atomic E-state index is 0.129. The average Bonchev–Trinajstić information content (AvgIpc) is 3.52. The molecular weight excluding hydrogens is 760 g/mol. The van der Waals surface area contributed by atoms with Gasteiger partial charge in [0.25, 0.3) is 0 Å². The highest BCUT2D eigenvalue weighted by Crippen LogP contribution is 2.49. The van der Waals surface area contributed by atoms with Crippen molar-refractivity contribution in [1.82, 2.24) is 0 Å². The molecule has 5 rings (SSSR count). The fourth-order valence-corrected chi connectivity index (χ4v) is 8.81. The van der Waals surface area contributed by atoms with Gasteiger partial charge in [-0.3, -0.25) is 0 Å². The van der Waals surface area contributed by atoms with Crippen LogP contribution in [0.3, 0.4) is 0 Å². The lowest BCUT2D eigenvalue weighted by Crippen LogP contribution is -2.28. The number of unbranched alkanes of at least 4 members (excludes halogenated alkanes) is 3. The van der Waals surface area contributed by atoms with Gasteiger partial charge >= 0.3 is 0 Å². The third kappa shape index (κ3) is 7.77. The van der Waals surface area contributed by atoms with Gasteiger partial charge in [-0.05, 0) is 99.1 Å². The topological polar surface area (TPSA) is 63.5 Å². The lowest BCUT2D eigenvalue weighted by Gasteiger charge is -2.27. The second-order valence-electron chi connectivity index (χ2n) is 13.9. The van der Waals surface area contributed by atoms with Crippen LogP contribution in [-0.4, -0.2) is 42.1 Å². The summed E-state index contributed by atoms with van der Waals surface area (Å²) in [7, 11) is -4.23. The molecule has 0 aromatic heterocycles. The molecule has 2 heterocycles. The van der Waals surface area contributed by atoms with E-state index in [-0.39, 0.29) is 16.6 Å². The van der Waals surface area contributed by atoms with E-state index in [0.29, 0.717) is 19.4 Å². The molecular formula is C38H45Br2ClN2O3S. The van der Waals surface area contributed by atoms with Gasteiger partial charge in [-0.15, -0.1) is 0 Å². The van der Waals surface area contributed by atoms with Gasteiger partial charge in [-0.1, -0.05) is 82.8 Å². The van der Waals surface area contributed by atoms with Crippen molar-refractivity contribution in [3.63, 3.8) is 0 Å². The van der Waals surface area contributed by atoms with Gasteiger partial charge in [0, 0.05) is 67.2 Å². The van der Waals surface area contributed by atoms with Gasteiger partial charge < -0.3 is 9.45 Å². The molecule has 2 aromatic rings. The SMILES string of the molecule is CCCCC[N+]1=C(/C=C/C2=C(Cl)C(=C/C=C3/N(CCCCS(=O)(=O)[O-])c4ccc(Br)cc4C3(C)C)/CC2)C(C)(C)c2cc(Br)ccc21. The summed E-state index contributed by atoms with van der Waals surface area (Å²) in [6, 6.07) is 12.9. The summed E-state index contributed by atoms with van der Waals surface area (Å²) >= 11 is 14.4. The molecule has 2 aromatic carbocycles. The number of hydrogen-bond acceptors (Lipinski definition) is 4. The first-order chi connectivity index (χ1) is 22.1. The fraction of sp³-hybridized carbons (Fsp3) is 0.447. The van der Waals surface area contributed by atoms with E-state index in [1.807, 2.05) is 6.07 Å². The summed E-state index contributed by atoms with van der Waals surface area (Å²) in [5, 5.41) is 0.815. The first-order valence-electron chi connectivity index (χ1n) is 16.6. The summed E-state index contributed by atoms with van der Waals surface area (Å²) in [6.45, 7) is 12.9. The van der Waals surface area contributed by atoms with E-state index in [9.17, 15) is 13.0 Å². The minimum Gasteiger partial charge on any atom is -0.748 e. The van der Waals surface area contributed by atoms with E-state index in [4.69, 9.17) is 11.6 Å². The van der Waals surface area contributed by atoms with Gasteiger partial charge in [0.2, 0.25) is 5.69 Å². The molecule has 0 saturated carbocycles. The van der Waals surface area contributed by atoms with Crippen molar-refractivity contribution >= 4 is 70.7 Å². The highest BCUT2D eigenvalue weighted by atomic mass is 79.9. The Morgan fingerprint density at radius 1 is 0.915 bits per heavy atom. The normalized spacial score (nSPS) is 20.4. The summed E-state index contributed by atoms with van der Waals surface area (Å²) in [5.41, 5.74) is 9.25. The zero-order valence-electron chi connectivity index (χ0n) is 28.0. The maximum absolute atomic E-state index is 11.2. The van der Waals surface area contributed by atoms with Gasteiger partial charge in [0.15, 0.2) is 5.71 Å². The molecule has 0 saturated heterocycles. The smallest absolute Gasteiger partial charge is 0.209 e. The molecule has 1 aliphatic carbocycles. The average molecular weight is 805 g/mol. The van der Waals surface area contributed by atoms with Gasteiger partial charge in [0.05, 0.1) is 15.5 Å². The Labute approximate surface area is 303 Å². The minimum atomic E-state index is -4.23. The monoisotopic (exact) mass is 802 g/mol. The van der Waals surface area contributed by atoms with Crippen molar-refractivity contribution in [3.8, 4) is 0 Å². The second kappa shape index (κ2) is 14.5. The number of fused-ring (bicyclic) bond motifs is 2. The summed E-state index contributed by atoms with van der Waals surface area (Å²) in [6.07, 6.45) is 15.1. The molecule has 0 atom stereocenters. The summed E-state index contributed by atoms with van der Waals surface area (Å²) in [5.74, 6) is -0.340. The van der Waals surface area contributed by atoms with E-state index in [0.717, 1.165) is 62.3 Å². The summed E-state index contributed by atoms with van der Waals surface area (Å²) in [4.78, 5) is 2.27. The highest BCUT2D eigenvalue weighted by molar-refractivity contribution is 9.10. The highest BCUT2D eigenvalue weighted by Gasteiger charge is 2.44. The van der Waals surface area contributed by atoms with Crippen molar-refractivity contribution in [2.75, 3.05) is 23.7 Å². The predicted octanol–water partition coefficient (Wildman–Crippen LogP) is 10.6. The molecule has 0 radical (unpaired) electrons. The van der Waals surface area contributed by atoms with Crippen LogP contribution in [0.5, 0.6) is 0 Å². The Hall–Kier alpha value is -1.97. The van der Waals surface area contributed by atoms with Crippen LogP contribution in [0.2, 0.25) is 0 Å². The third-order valence-corrected chi connectivity index (χ3v) is 12.1. The van der Waals surface area contributed by atoms with Crippen LogP contribution in [0.1, 0.15) is 90.7 Å². The Morgan fingerprint density at radius 3 is 2.32 bits per heavy atom. The largest absolute Gasteiger partial charge is 0.748 e. The van der Waals surface area contributed by atoms with E-state index >= 15 is 0 Å². The van der Waals surface area contributed by atoms with Gasteiger partial charge in [0.1, 0.15) is 6.54 Å². The van der Waals surface area contributed by atoms with Crippen LogP contribution in [0.4, 0.5) is 11.4 Å². The molecule has 0 unspecified atom stereocenters. The van der Waals surface area contributed by atoms with Crippen molar-refractivity contribution < 1.29 is 17.5 Å². The molecule has 3 aliphatic rings. The summed E-state index contributed by atoms with van der Waals surface area (Å²) < 4.78 is 38.2. The van der Waals surface area contributed by atoms with Crippen molar-refractivity contribution in [3.05, 3.63) is 103 Å². The number of rotatable bonds is 12. The van der Waals surface area contributed by atoms with E-state index in [2.05, 4.69) is 131 Å². The standard InChI is InChI=1S/C38H45Br2ClN2O3S/c1-6-7-8-21-42-32-17-15-28(39)24-30(32)37(2,3)34(42)19-13-26-11-12-27(36(26)41)14-20-35-38(4,5)31-25-29(40)16-18-33(31)43(35)22-9-10-23-47(44,45)46/h13-20,24-25H,6-12,21-23H2,1-5H3. The first kappa shape index (κ1) is 36.3. The van der Waals surface area contributed by atoms with Crippen LogP contribution >= 0.6 is 43.5 Å².